The summed E-state index contributed by atoms with van der Waals surface area (Å²) in [6.07, 6.45) is 7.38. The molecule has 0 bridgehead atoms. The van der Waals surface area contributed by atoms with Crippen LogP contribution in [0.25, 0.3) is 0 Å². The Kier molecular flexibility index (Phi) is 3.42. The fraction of sp³-hybridized carbons (Fsp3) is 1.00. The van der Waals surface area contributed by atoms with Crippen LogP contribution in [0.1, 0.15) is 39.0 Å². The van der Waals surface area contributed by atoms with Gasteiger partial charge in [-0.05, 0) is 24.2 Å². The fourth-order valence-electron chi connectivity index (χ4n) is 2.63. The van der Waals surface area contributed by atoms with E-state index in [1.54, 1.807) is 0 Å². The predicted molar refractivity (Wildman–Crippen MR) is 54.8 cm³/mol. The Labute approximate surface area is 81.7 Å². The second-order valence-corrected chi connectivity index (χ2v) is 4.52. The lowest BCUT2D eigenvalue weighted by Gasteiger charge is -2.54. The quantitative estimate of drug-likeness (QED) is 0.720. The van der Waals surface area contributed by atoms with Gasteiger partial charge in [-0.1, -0.05) is 26.2 Å². The van der Waals surface area contributed by atoms with Crippen LogP contribution in [0, 0.1) is 11.3 Å². The largest absolute Gasteiger partial charge is 0.316 e. The first-order valence-electron chi connectivity index (χ1n) is 5.05. The van der Waals surface area contributed by atoms with Gasteiger partial charge in [0.2, 0.25) is 0 Å². The molecule has 2 rings (SSSR count). The van der Waals surface area contributed by atoms with Gasteiger partial charge >= 0.3 is 0 Å². The summed E-state index contributed by atoms with van der Waals surface area (Å²) in [5.41, 5.74) is 0.804. The van der Waals surface area contributed by atoms with E-state index in [1.807, 2.05) is 0 Å². The highest BCUT2D eigenvalue weighted by Gasteiger charge is 2.47. The Hall–Kier alpha value is 0.250. The molecule has 0 aromatic carbocycles. The van der Waals surface area contributed by atoms with E-state index in [9.17, 15) is 0 Å². The first-order valence-corrected chi connectivity index (χ1v) is 5.05. The maximum absolute atomic E-state index is 3.38. The van der Waals surface area contributed by atoms with Crippen molar-refractivity contribution in [1.29, 1.82) is 0 Å². The topological polar surface area (TPSA) is 12.0 Å². The Morgan fingerprint density at radius 2 is 2.00 bits per heavy atom. The molecule has 1 saturated heterocycles. The molecule has 0 aromatic rings. The summed E-state index contributed by atoms with van der Waals surface area (Å²) in [4.78, 5) is 0. The molecule has 1 aliphatic heterocycles. The van der Waals surface area contributed by atoms with Gasteiger partial charge in [0.15, 0.2) is 0 Å². The Balaban J connectivity index is 0.000000720. The highest BCUT2D eigenvalue weighted by atomic mass is 35.5. The van der Waals surface area contributed by atoms with Crippen molar-refractivity contribution in [3.63, 3.8) is 0 Å². The number of halogens is 1. The number of rotatable bonds is 3. The molecular formula is C10H20ClN. The van der Waals surface area contributed by atoms with Crippen molar-refractivity contribution in [2.24, 2.45) is 11.3 Å². The average molecular weight is 190 g/mol. The van der Waals surface area contributed by atoms with Crippen LogP contribution in [0.3, 0.4) is 0 Å². The minimum atomic E-state index is 0. The molecule has 0 amide bonds. The van der Waals surface area contributed by atoms with Crippen LogP contribution in [0.5, 0.6) is 0 Å². The molecule has 1 N–H and O–H groups in total. The smallest absolute Gasteiger partial charge is 0.00204 e. The van der Waals surface area contributed by atoms with Gasteiger partial charge in [-0.15, -0.1) is 12.4 Å². The zero-order chi connectivity index (χ0) is 7.73. The third-order valence-electron chi connectivity index (χ3n) is 3.41. The number of hydrogen-bond acceptors (Lipinski definition) is 1. The highest BCUT2D eigenvalue weighted by Crippen LogP contribution is 2.50. The standard InChI is InChI=1S/C10H19N.ClH/c1-2-3-4-9-5-10(6-9)7-11-8-10;/h9,11H,2-8H2,1H3;1H. The summed E-state index contributed by atoms with van der Waals surface area (Å²) >= 11 is 0. The molecule has 0 unspecified atom stereocenters. The van der Waals surface area contributed by atoms with Gasteiger partial charge < -0.3 is 5.32 Å². The summed E-state index contributed by atoms with van der Waals surface area (Å²) < 4.78 is 0. The summed E-state index contributed by atoms with van der Waals surface area (Å²) in [6.45, 7) is 4.92. The molecule has 2 fully saturated rings. The van der Waals surface area contributed by atoms with Gasteiger partial charge in [-0.2, -0.15) is 0 Å². The molecule has 2 heteroatoms. The van der Waals surface area contributed by atoms with E-state index in [0.29, 0.717) is 0 Å². The van der Waals surface area contributed by atoms with E-state index < -0.39 is 0 Å². The van der Waals surface area contributed by atoms with Crippen molar-refractivity contribution < 1.29 is 0 Å². The number of nitrogens with one attached hydrogen (secondary N) is 1. The molecule has 72 valence electrons. The maximum atomic E-state index is 3.38. The van der Waals surface area contributed by atoms with Crippen LogP contribution in [-0.4, -0.2) is 13.1 Å². The number of hydrogen-bond donors (Lipinski definition) is 1. The van der Waals surface area contributed by atoms with Crippen molar-refractivity contribution in [2.75, 3.05) is 13.1 Å². The van der Waals surface area contributed by atoms with E-state index in [-0.39, 0.29) is 12.4 Å². The lowest BCUT2D eigenvalue weighted by atomic mass is 9.57. The summed E-state index contributed by atoms with van der Waals surface area (Å²) in [5.74, 6) is 1.09. The van der Waals surface area contributed by atoms with Crippen molar-refractivity contribution in [1.82, 2.24) is 5.32 Å². The van der Waals surface area contributed by atoms with Crippen LogP contribution >= 0.6 is 12.4 Å². The van der Waals surface area contributed by atoms with Crippen LogP contribution in [0.15, 0.2) is 0 Å². The van der Waals surface area contributed by atoms with Crippen molar-refractivity contribution in [2.45, 2.75) is 39.0 Å². The Morgan fingerprint density at radius 3 is 2.42 bits per heavy atom. The van der Waals surface area contributed by atoms with Crippen molar-refractivity contribution in [3.8, 4) is 0 Å². The molecule has 0 atom stereocenters. The van der Waals surface area contributed by atoms with Gasteiger partial charge in [-0.25, -0.2) is 0 Å². The van der Waals surface area contributed by atoms with Crippen LogP contribution in [0.4, 0.5) is 0 Å². The SMILES string of the molecule is CCCCC1CC2(CNC2)C1.Cl. The normalized spacial score (nSPS) is 25.8. The molecular weight excluding hydrogens is 170 g/mol. The molecule has 2 aliphatic rings. The molecule has 1 heterocycles. The molecule has 1 nitrogen and oxygen atoms in total. The summed E-state index contributed by atoms with van der Waals surface area (Å²) in [6, 6.07) is 0. The van der Waals surface area contributed by atoms with Gasteiger partial charge in [0.1, 0.15) is 0 Å². The zero-order valence-corrected chi connectivity index (χ0v) is 8.75. The van der Waals surface area contributed by atoms with E-state index >= 15 is 0 Å². The highest BCUT2D eigenvalue weighted by molar-refractivity contribution is 5.85. The molecule has 12 heavy (non-hydrogen) atoms. The van der Waals surface area contributed by atoms with Crippen molar-refractivity contribution in [3.05, 3.63) is 0 Å². The molecule has 1 spiro atoms. The van der Waals surface area contributed by atoms with Gasteiger partial charge in [0.25, 0.3) is 0 Å². The van der Waals surface area contributed by atoms with Crippen LogP contribution < -0.4 is 5.32 Å². The minimum Gasteiger partial charge on any atom is -0.316 e. The van der Waals surface area contributed by atoms with Gasteiger partial charge in [0, 0.05) is 13.1 Å². The molecule has 1 aliphatic carbocycles. The Bertz CT molecular complexity index is 135. The lowest BCUT2D eigenvalue weighted by Crippen LogP contribution is -2.60. The first kappa shape index (κ1) is 10.3. The van der Waals surface area contributed by atoms with Gasteiger partial charge in [0.05, 0.1) is 0 Å². The number of unbranched alkanes of at least 4 members (excludes halogenated alkanes) is 1. The lowest BCUT2D eigenvalue weighted by molar-refractivity contribution is -0.00407. The molecule has 1 saturated carbocycles. The predicted octanol–water partition coefficient (Wildman–Crippen LogP) is 2.60. The minimum absolute atomic E-state index is 0. The second kappa shape index (κ2) is 3.97. The maximum Gasteiger partial charge on any atom is 0.00204 e. The second-order valence-electron chi connectivity index (χ2n) is 4.52. The van der Waals surface area contributed by atoms with Crippen LogP contribution in [0.2, 0.25) is 0 Å². The third kappa shape index (κ3) is 1.77. The first-order chi connectivity index (χ1) is 5.35. The van der Waals surface area contributed by atoms with E-state index in [4.69, 9.17) is 0 Å². The summed E-state index contributed by atoms with van der Waals surface area (Å²) in [5, 5.41) is 3.38. The summed E-state index contributed by atoms with van der Waals surface area (Å²) in [7, 11) is 0. The molecule has 0 radical (unpaired) electrons. The fourth-order valence-corrected chi connectivity index (χ4v) is 2.63. The Morgan fingerprint density at radius 1 is 1.33 bits per heavy atom. The van der Waals surface area contributed by atoms with E-state index in [1.165, 1.54) is 45.2 Å². The third-order valence-corrected chi connectivity index (χ3v) is 3.41. The molecule has 0 aromatic heterocycles. The van der Waals surface area contributed by atoms with Crippen LogP contribution in [-0.2, 0) is 0 Å². The van der Waals surface area contributed by atoms with E-state index in [0.717, 1.165) is 11.3 Å². The van der Waals surface area contributed by atoms with Gasteiger partial charge in [-0.3, -0.25) is 0 Å². The average Bonchev–Trinajstić information content (AvgIpc) is 1.81. The monoisotopic (exact) mass is 189 g/mol. The zero-order valence-electron chi connectivity index (χ0n) is 7.94. The van der Waals surface area contributed by atoms with Crippen molar-refractivity contribution >= 4 is 12.4 Å². The van der Waals surface area contributed by atoms with E-state index in [2.05, 4.69) is 12.2 Å².